The van der Waals surface area contributed by atoms with E-state index < -0.39 is 0 Å². The minimum absolute atomic E-state index is 0. The molecule has 0 aromatic rings. The van der Waals surface area contributed by atoms with E-state index in [9.17, 15) is 4.79 Å². The van der Waals surface area contributed by atoms with E-state index in [1.165, 1.54) is 0 Å². The molecule has 2 rings (SSSR count). The summed E-state index contributed by atoms with van der Waals surface area (Å²) in [4.78, 5) is 18.0. The molecule has 8 heteroatoms. The van der Waals surface area contributed by atoms with Gasteiger partial charge in [-0.2, -0.15) is 11.8 Å². The Hall–Kier alpha value is -0.220. The van der Waals surface area contributed by atoms with E-state index in [-0.39, 0.29) is 34.6 Å². The predicted molar refractivity (Wildman–Crippen MR) is 116 cm³/mol. The molecule has 2 aliphatic rings. The van der Waals surface area contributed by atoms with Gasteiger partial charge in [0.15, 0.2) is 5.96 Å². The second kappa shape index (κ2) is 11.5. The largest absolute Gasteiger partial charge is 0.381 e. The molecular formula is C17H33IN4O2S. The van der Waals surface area contributed by atoms with Crippen molar-refractivity contribution >= 4 is 47.6 Å². The monoisotopic (exact) mass is 484 g/mol. The normalized spacial score (nSPS) is 23.7. The molecule has 146 valence electrons. The van der Waals surface area contributed by atoms with E-state index in [2.05, 4.69) is 22.1 Å². The predicted octanol–water partition coefficient (Wildman–Crippen LogP) is 2.07. The molecule has 25 heavy (non-hydrogen) atoms. The van der Waals surface area contributed by atoms with Gasteiger partial charge in [0.1, 0.15) is 0 Å². The van der Waals surface area contributed by atoms with Gasteiger partial charge in [0.2, 0.25) is 5.91 Å². The highest BCUT2D eigenvalue weighted by molar-refractivity contribution is 14.0. The number of amides is 1. The average molecular weight is 484 g/mol. The summed E-state index contributed by atoms with van der Waals surface area (Å²) >= 11 is 2.03. The van der Waals surface area contributed by atoms with Crippen molar-refractivity contribution in [2.75, 3.05) is 45.6 Å². The Morgan fingerprint density at radius 1 is 1.44 bits per heavy atom. The number of primary amides is 1. The van der Waals surface area contributed by atoms with Crippen LogP contribution in [0.2, 0.25) is 0 Å². The number of nitrogens with one attached hydrogen (secondary N) is 1. The highest BCUT2D eigenvalue weighted by atomic mass is 127. The van der Waals surface area contributed by atoms with Gasteiger partial charge in [-0.15, -0.1) is 24.0 Å². The number of piperidine rings is 1. The number of hydrogen-bond acceptors (Lipinski definition) is 4. The molecule has 2 fully saturated rings. The van der Waals surface area contributed by atoms with Crippen molar-refractivity contribution < 1.29 is 9.53 Å². The first kappa shape index (κ1) is 22.8. The van der Waals surface area contributed by atoms with Gasteiger partial charge in [-0.1, -0.05) is 6.92 Å². The summed E-state index contributed by atoms with van der Waals surface area (Å²) in [6.45, 7) is 6.68. The second-order valence-corrected chi connectivity index (χ2v) is 8.49. The maximum atomic E-state index is 11.2. The zero-order valence-electron chi connectivity index (χ0n) is 15.5. The Labute approximate surface area is 173 Å². The van der Waals surface area contributed by atoms with Crippen LogP contribution in [0.1, 0.15) is 39.0 Å². The van der Waals surface area contributed by atoms with E-state index in [4.69, 9.17) is 10.5 Å². The number of nitrogens with two attached hydrogens (primary N) is 1. The van der Waals surface area contributed by atoms with Gasteiger partial charge in [0.05, 0.1) is 0 Å². The molecule has 1 atom stereocenters. The van der Waals surface area contributed by atoms with Crippen LogP contribution in [-0.4, -0.2) is 67.2 Å². The first-order chi connectivity index (χ1) is 11.6. The summed E-state index contributed by atoms with van der Waals surface area (Å²) in [6, 6.07) is 0. The Kier molecular flexibility index (Phi) is 10.5. The third-order valence-electron chi connectivity index (χ3n) is 4.94. The van der Waals surface area contributed by atoms with Crippen molar-refractivity contribution in [2.45, 2.75) is 43.8 Å². The second-order valence-electron chi connectivity index (χ2n) is 6.75. The van der Waals surface area contributed by atoms with Gasteiger partial charge in [-0.25, -0.2) is 0 Å². The summed E-state index contributed by atoms with van der Waals surface area (Å²) in [5, 5.41) is 3.59. The lowest BCUT2D eigenvalue weighted by Gasteiger charge is -2.39. The van der Waals surface area contributed by atoms with Crippen molar-refractivity contribution in [3.63, 3.8) is 0 Å². The summed E-state index contributed by atoms with van der Waals surface area (Å²) in [7, 11) is 1.84. The maximum Gasteiger partial charge on any atom is 0.217 e. The number of rotatable bonds is 6. The van der Waals surface area contributed by atoms with Crippen LogP contribution in [0.15, 0.2) is 4.99 Å². The third-order valence-corrected chi connectivity index (χ3v) is 6.40. The number of likely N-dealkylation sites (tertiary alicyclic amines) is 1. The number of nitrogens with zero attached hydrogens (tertiary/aromatic N) is 2. The minimum Gasteiger partial charge on any atom is -0.381 e. The minimum atomic E-state index is -0.203. The van der Waals surface area contributed by atoms with E-state index in [1.54, 1.807) is 0 Å². The number of ether oxygens (including phenoxy) is 1. The van der Waals surface area contributed by atoms with Gasteiger partial charge in [0.25, 0.3) is 0 Å². The van der Waals surface area contributed by atoms with Gasteiger partial charge in [0, 0.05) is 51.1 Å². The standard InChI is InChI=1S/C17H32N4O2S.HI/c1-3-24-17(6-9-23-10-7-17)13-20-16(19-2)21-8-4-5-14(12-21)11-15(18)22;/h14H,3-13H2,1-2H3,(H2,18,22)(H,19,20);1H. The number of hydrogen-bond donors (Lipinski definition) is 2. The maximum absolute atomic E-state index is 11.2. The van der Waals surface area contributed by atoms with Gasteiger partial charge < -0.3 is 20.7 Å². The van der Waals surface area contributed by atoms with Crippen LogP contribution in [0.3, 0.4) is 0 Å². The summed E-state index contributed by atoms with van der Waals surface area (Å²) in [6.07, 6.45) is 4.80. The Bertz CT molecular complexity index is 439. The topological polar surface area (TPSA) is 80.0 Å². The van der Waals surface area contributed by atoms with Crippen molar-refractivity contribution in [1.29, 1.82) is 0 Å². The molecule has 0 aromatic carbocycles. The fourth-order valence-corrected chi connectivity index (χ4v) is 4.94. The molecule has 0 saturated carbocycles. The highest BCUT2D eigenvalue weighted by Crippen LogP contribution is 2.34. The van der Waals surface area contributed by atoms with Gasteiger partial charge in [-0.3, -0.25) is 9.79 Å². The molecule has 3 N–H and O–H groups in total. The van der Waals surface area contributed by atoms with Crippen molar-refractivity contribution in [3.05, 3.63) is 0 Å². The first-order valence-corrected chi connectivity index (χ1v) is 10.0. The molecule has 2 aliphatic heterocycles. The molecule has 2 saturated heterocycles. The first-order valence-electron chi connectivity index (χ1n) is 9.04. The van der Waals surface area contributed by atoms with E-state index in [0.29, 0.717) is 12.3 Å². The Morgan fingerprint density at radius 3 is 2.76 bits per heavy atom. The van der Waals surface area contributed by atoms with E-state index in [0.717, 1.165) is 70.2 Å². The summed E-state index contributed by atoms with van der Waals surface area (Å²) in [5.41, 5.74) is 5.37. The van der Waals surface area contributed by atoms with Gasteiger partial charge in [-0.05, 0) is 37.4 Å². The average Bonchev–Trinajstić information content (AvgIpc) is 2.56. The SMILES string of the molecule is CCSC1(CNC(=NC)N2CCCC(CC(N)=O)C2)CCOCC1.I. The van der Waals surface area contributed by atoms with Crippen molar-refractivity contribution in [2.24, 2.45) is 16.6 Å². The van der Waals surface area contributed by atoms with Crippen LogP contribution in [0.25, 0.3) is 0 Å². The number of guanidine groups is 1. The lowest BCUT2D eigenvalue weighted by molar-refractivity contribution is -0.119. The number of thioether (sulfide) groups is 1. The molecule has 0 aliphatic carbocycles. The summed E-state index contributed by atoms with van der Waals surface area (Å²) < 4.78 is 5.79. The smallest absolute Gasteiger partial charge is 0.217 e. The summed E-state index contributed by atoms with van der Waals surface area (Å²) in [5.74, 6) is 2.21. The zero-order valence-corrected chi connectivity index (χ0v) is 18.6. The van der Waals surface area contributed by atoms with Crippen LogP contribution in [0.5, 0.6) is 0 Å². The molecule has 1 amide bonds. The molecule has 0 spiro atoms. The van der Waals surface area contributed by atoms with Crippen LogP contribution < -0.4 is 11.1 Å². The number of carbonyl (C=O) groups excluding carboxylic acids is 1. The van der Waals surface area contributed by atoms with Crippen LogP contribution in [0.4, 0.5) is 0 Å². The van der Waals surface area contributed by atoms with Crippen molar-refractivity contribution in [3.8, 4) is 0 Å². The fourth-order valence-electron chi connectivity index (χ4n) is 3.70. The molecule has 0 aromatic heterocycles. The number of halogens is 1. The van der Waals surface area contributed by atoms with E-state index in [1.807, 2.05) is 18.8 Å². The van der Waals surface area contributed by atoms with Crippen molar-refractivity contribution in [1.82, 2.24) is 10.2 Å². The van der Waals surface area contributed by atoms with Crippen LogP contribution in [-0.2, 0) is 9.53 Å². The number of carbonyl (C=O) groups is 1. The Balaban J connectivity index is 0.00000312. The fraction of sp³-hybridized carbons (Fsp3) is 0.882. The zero-order chi connectivity index (χ0) is 17.4. The lowest BCUT2D eigenvalue weighted by atomic mass is 9.94. The molecular weight excluding hydrogens is 451 g/mol. The molecule has 0 bridgehead atoms. The molecule has 6 nitrogen and oxygen atoms in total. The van der Waals surface area contributed by atoms with Crippen LogP contribution in [0, 0.1) is 5.92 Å². The molecule has 1 unspecified atom stereocenters. The quantitative estimate of drug-likeness (QED) is 0.343. The molecule has 0 radical (unpaired) electrons. The lowest BCUT2D eigenvalue weighted by Crippen LogP contribution is -2.51. The number of aliphatic imine (C=N–C) groups is 1. The van der Waals surface area contributed by atoms with Gasteiger partial charge >= 0.3 is 0 Å². The Morgan fingerprint density at radius 2 is 2.16 bits per heavy atom. The van der Waals surface area contributed by atoms with Crippen LogP contribution >= 0.6 is 35.7 Å². The van der Waals surface area contributed by atoms with E-state index >= 15 is 0 Å². The third kappa shape index (κ3) is 7.13. The highest BCUT2D eigenvalue weighted by Gasteiger charge is 2.33. The molecule has 2 heterocycles.